The van der Waals surface area contributed by atoms with Gasteiger partial charge >= 0.3 is 12.1 Å². The number of carbonyl (C=O) groups is 2. The van der Waals surface area contributed by atoms with Crippen molar-refractivity contribution in [2.45, 2.75) is 74.4 Å². The van der Waals surface area contributed by atoms with E-state index in [-0.39, 0.29) is 125 Å². The molecule has 2 aliphatic carbocycles. The summed E-state index contributed by atoms with van der Waals surface area (Å²) >= 11 is 12.4. The van der Waals surface area contributed by atoms with E-state index in [1.54, 1.807) is 0 Å². The molecule has 4 amide bonds. The Balaban J connectivity index is 0.686. The average Bonchev–Trinajstić information content (AvgIpc) is 3.95. The van der Waals surface area contributed by atoms with Gasteiger partial charge in [-0.25, -0.2) is 44.6 Å². The lowest BCUT2D eigenvalue weighted by atomic mass is 10.0. The van der Waals surface area contributed by atoms with Gasteiger partial charge in [-0.05, 0) is 146 Å². The van der Waals surface area contributed by atoms with Crippen LogP contribution in [-0.2, 0) is 51.8 Å². The van der Waals surface area contributed by atoms with Crippen LogP contribution in [0.25, 0.3) is 0 Å². The Bertz CT molecular complexity index is 2580. The van der Waals surface area contributed by atoms with Gasteiger partial charge in [0.25, 0.3) is 0 Å². The van der Waals surface area contributed by atoms with Crippen LogP contribution in [0.4, 0.5) is 18.4 Å². The molecule has 0 spiro atoms. The molecule has 74 heavy (non-hydrogen) atoms. The number of unbranched alkanes of at least 4 members (excludes halogenated alkanes) is 1. The highest BCUT2D eigenvalue weighted by Gasteiger charge is 2.29. The summed E-state index contributed by atoms with van der Waals surface area (Å²) in [7, 11) is -8.01. The zero-order chi connectivity index (χ0) is 53.1. The zero-order valence-electron chi connectivity index (χ0n) is 41.3. The third kappa shape index (κ3) is 17.9. The van der Waals surface area contributed by atoms with Crippen molar-refractivity contribution >= 4 is 55.3 Å². The van der Waals surface area contributed by atoms with Gasteiger partial charge in [-0.3, -0.25) is 0 Å². The Morgan fingerprint density at radius 3 is 1.27 bits per heavy atom. The summed E-state index contributed by atoms with van der Waals surface area (Å²) in [6.45, 7) is 6.52. The number of hydrogen-bond donors (Lipinski definition) is 6. The molecule has 18 nitrogen and oxygen atoms in total. The lowest BCUT2D eigenvalue weighted by Gasteiger charge is -2.17. The molecule has 0 saturated carbocycles. The number of halogens is 4. The minimum Gasteiger partial charge on any atom is -0.483 e. The number of aryl methyl sites for hydroxylation is 2. The van der Waals surface area contributed by atoms with Gasteiger partial charge in [-0.2, -0.15) is 0 Å². The number of ether oxygens (including phenoxy) is 6. The van der Waals surface area contributed by atoms with Crippen molar-refractivity contribution in [3.05, 3.63) is 116 Å². The van der Waals surface area contributed by atoms with Gasteiger partial charge in [0.05, 0.1) is 62.6 Å². The predicted molar refractivity (Wildman–Crippen MR) is 274 cm³/mol. The molecule has 0 radical (unpaired) electrons. The first-order chi connectivity index (χ1) is 35.5. The summed E-state index contributed by atoms with van der Waals surface area (Å²) in [5, 5.41) is 11.9. The Morgan fingerprint density at radius 1 is 0.527 bits per heavy atom. The number of carbonyl (C=O) groups excluding carboxylic acids is 2. The molecule has 4 aromatic rings. The Labute approximate surface area is 441 Å². The van der Waals surface area contributed by atoms with E-state index in [0.29, 0.717) is 48.8 Å². The number of nitrogens with one attached hydrogen (secondary N) is 6. The molecule has 2 aliphatic rings. The van der Waals surface area contributed by atoms with E-state index >= 15 is 0 Å². The minimum absolute atomic E-state index is 0.0431. The van der Waals surface area contributed by atoms with Gasteiger partial charge in [0, 0.05) is 49.3 Å². The average molecular weight is 1110 g/mol. The summed E-state index contributed by atoms with van der Waals surface area (Å²) in [5.74, 6) is -1.67. The van der Waals surface area contributed by atoms with Crippen molar-refractivity contribution in [1.29, 1.82) is 0 Å². The molecule has 6 N–H and O–H groups in total. The topological polar surface area (TPSA) is 230 Å². The molecular formula is C50H64Cl2F2N6O12S2. The molecule has 6 rings (SSSR count). The predicted octanol–water partition coefficient (Wildman–Crippen LogP) is 6.72. The third-order valence-electron chi connectivity index (χ3n) is 12.0. The van der Waals surface area contributed by atoms with Gasteiger partial charge in [0.2, 0.25) is 20.0 Å². The van der Waals surface area contributed by atoms with E-state index in [1.165, 1.54) is 24.3 Å². The lowest BCUT2D eigenvalue weighted by molar-refractivity contribution is 0.0516. The van der Waals surface area contributed by atoms with Crippen molar-refractivity contribution in [1.82, 2.24) is 30.7 Å². The van der Waals surface area contributed by atoms with Gasteiger partial charge in [-0.1, -0.05) is 23.2 Å². The molecule has 0 fully saturated rings. The van der Waals surface area contributed by atoms with E-state index in [2.05, 4.69) is 30.7 Å². The van der Waals surface area contributed by atoms with E-state index in [0.717, 1.165) is 58.4 Å². The molecule has 0 unspecified atom stereocenters. The monoisotopic (exact) mass is 1110 g/mol. The summed E-state index contributed by atoms with van der Waals surface area (Å²) in [5.41, 5.74) is 6.18. The maximum atomic E-state index is 15.0. The van der Waals surface area contributed by atoms with Gasteiger partial charge in [0.15, 0.2) is 23.1 Å². The van der Waals surface area contributed by atoms with Crippen molar-refractivity contribution in [3.8, 4) is 11.5 Å². The fourth-order valence-corrected chi connectivity index (χ4v) is 10.9. The van der Waals surface area contributed by atoms with E-state index in [9.17, 15) is 35.2 Å². The molecule has 0 aromatic heterocycles. The molecule has 0 bridgehead atoms. The van der Waals surface area contributed by atoms with Crippen LogP contribution in [0, 0.1) is 25.5 Å². The number of sulfonamides is 2. The number of benzene rings is 4. The number of amides is 4. The van der Waals surface area contributed by atoms with Gasteiger partial charge in [-0.15, -0.1) is 0 Å². The molecule has 406 valence electrons. The summed E-state index contributed by atoms with van der Waals surface area (Å²) in [6, 6.07) is 13.7. The van der Waals surface area contributed by atoms with Crippen LogP contribution in [0.5, 0.6) is 11.5 Å². The van der Waals surface area contributed by atoms with Crippen LogP contribution < -0.4 is 40.2 Å². The second kappa shape index (κ2) is 28.9. The SMILES string of the molecule is Cc1cc(Cl)cc2c1CC[C@H]2Oc1ccc(S(=O)(=O)NCCOCCOCCNC(=O)NCCCCNC(=O)NCCOCCOCCNS(=O)(=O)c2ccc(O[C@@H]3CCc4c(C)cc(Cl)cc43)c(F)c2)cc1F. The number of rotatable bonds is 31. The van der Waals surface area contributed by atoms with E-state index < -0.39 is 31.7 Å². The second-order valence-electron chi connectivity index (χ2n) is 17.4. The van der Waals surface area contributed by atoms with Gasteiger partial charge in [0.1, 0.15) is 12.2 Å². The highest BCUT2D eigenvalue weighted by Crippen LogP contribution is 2.40. The van der Waals surface area contributed by atoms with Crippen molar-refractivity contribution < 1.29 is 63.6 Å². The number of hydrogen-bond acceptors (Lipinski definition) is 12. The molecule has 4 aromatic carbocycles. The quantitative estimate of drug-likeness (QED) is 0.0289. The van der Waals surface area contributed by atoms with E-state index in [1.807, 2.05) is 38.1 Å². The third-order valence-corrected chi connectivity index (χ3v) is 15.3. The van der Waals surface area contributed by atoms with Crippen LogP contribution in [0.3, 0.4) is 0 Å². The van der Waals surface area contributed by atoms with Gasteiger partial charge < -0.3 is 49.7 Å². The fraction of sp³-hybridized carbons (Fsp3) is 0.480. The maximum absolute atomic E-state index is 15.0. The molecule has 2 atom stereocenters. The normalized spacial score (nSPS) is 15.1. The van der Waals surface area contributed by atoms with Crippen molar-refractivity contribution in [3.63, 3.8) is 0 Å². The van der Waals surface area contributed by atoms with Crippen molar-refractivity contribution in [2.75, 3.05) is 92.1 Å². The fourth-order valence-electron chi connectivity index (χ4n) is 8.32. The van der Waals surface area contributed by atoms with Crippen LogP contribution in [-0.4, -0.2) is 121 Å². The molecular weight excluding hydrogens is 1050 g/mol. The molecule has 0 heterocycles. The maximum Gasteiger partial charge on any atom is 0.314 e. The molecule has 24 heteroatoms. The van der Waals surface area contributed by atoms with Crippen LogP contribution in [0.2, 0.25) is 10.0 Å². The first kappa shape index (κ1) is 58.4. The van der Waals surface area contributed by atoms with Crippen LogP contribution in [0.1, 0.15) is 71.3 Å². The van der Waals surface area contributed by atoms with E-state index in [4.69, 9.17) is 51.6 Å². The summed E-state index contributed by atoms with van der Waals surface area (Å²) < 4.78 is 119. The number of urea groups is 2. The Kier molecular flexibility index (Phi) is 22.8. The highest BCUT2D eigenvalue weighted by molar-refractivity contribution is 7.89. The minimum atomic E-state index is -4.00. The number of fused-ring (bicyclic) bond motifs is 2. The summed E-state index contributed by atoms with van der Waals surface area (Å²) in [4.78, 5) is 23.6. The second-order valence-corrected chi connectivity index (χ2v) is 21.8. The largest absolute Gasteiger partial charge is 0.483 e. The van der Waals surface area contributed by atoms with Crippen molar-refractivity contribution in [2.24, 2.45) is 0 Å². The first-order valence-electron chi connectivity index (χ1n) is 24.3. The van der Waals surface area contributed by atoms with Crippen LogP contribution in [0.15, 0.2) is 70.5 Å². The van der Waals surface area contributed by atoms with Crippen LogP contribution >= 0.6 is 23.2 Å². The lowest BCUT2D eigenvalue weighted by Crippen LogP contribution is -2.39. The Hall–Kier alpha value is -4.88. The molecule has 0 saturated heterocycles. The Morgan fingerprint density at radius 2 is 0.892 bits per heavy atom. The smallest absolute Gasteiger partial charge is 0.314 e. The summed E-state index contributed by atoms with van der Waals surface area (Å²) in [6.07, 6.45) is 3.37. The highest BCUT2D eigenvalue weighted by atomic mass is 35.5. The molecule has 0 aliphatic heterocycles. The first-order valence-corrected chi connectivity index (χ1v) is 28.1. The zero-order valence-corrected chi connectivity index (χ0v) is 44.4. The standard InChI is InChI=1S/C50H64Cl2F2N6O12S2/c1-33-27-35(51)29-41-39(33)7-11-45(41)71-47-9-5-37(31-43(47)53)73(63,64)59-17-21-69-25-23-67-19-15-57-49(61)55-13-3-4-14-56-50(62)58-16-20-68-24-26-70-22-18-60-74(65,66)38-6-10-48(44(54)32-38)72-46-12-8-40-34(2)28-36(52)30-42(40)46/h5-6,9-10,27-32,45-46,59-60H,3-4,7-8,11-26H2,1-2H3,(H2,55,57,61)(H2,56,58,62)/t45-,46-/m1/s1.